The van der Waals surface area contributed by atoms with Gasteiger partial charge in [-0.05, 0) is 76.9 Å². The lowest BCUT2D eigenvalue weighted by atomic mass is 9.90. The van der Waals surface area contributed by atoms with Crippen LogP contribution in [0.4, 0.5) is 32.0 Å². The average molecular weight is 636 g/mol. The molecule has 2 unspecified atom stereocenters. The Morgan fingerprint density at radius 2 is 1.18 bits per heavy atom. The molecule has 1 heterocycles. The maximum atomic E-state index is 13.5. The van der Waals surface area contributed by atoms with Crippen molar-refractivity contribution < 1.29 is 26.3 Å². The van der Waals surface area contributed by atoms with Crippen molar-refractivity contribution in [3.05, 3.63) is 102 Å². The van der Waals surface area contributed by atoms with E-state index in [0.29, 0.717) is 12.1 Å². The van der Waals surface area contributed by atoms with E-state index in [1.165, 1.54) is 0 Å². The molecule has 0 amide bonds. The van der Waals surface area contributed by atoms with Gasteiger partial charge in [0.05, 0.1) is 28.2 Å². The van der Waals surface area contributed by atoms with E-state index in [2.05, 4.69) is 63.7 Å². The van der Waals surface area contributed by atoms with Gasteiger partial charge in [0, 0.05) is 22.5 Å². The van der Waals surface area contributed by atoms with Crippen molar-refractivity contribution in [2.75, 3.05) is 5.32 Å². The largest absolute Gasteiger partial charge is 0.416 e. The number of aromatic nitrogens is 1. The van der Waals surface area contributed by atoms with Gasteiger partial charge < -0.3 is 15.2 Å². The fourth-order valence-electron chi connectivity index (χ4n) is 6.89. The van der Waals surface area contributed by atoms with E-state index >= 15 is 0 Å². The van der Waals surface area contributed by atoms with Crippen molar-refractivity contribution in [3.8, 4) is 0 Å². The van der Waals surface area contributed by atoms with Crippen LogP contribution in [0.25, 0.3) is 43.4 Å². The number of alkyl halides is 6. The van der Waals surface area contributed by atoms with E-state index in [9.17, 15) is 26.3 Å². The molecule has 45 heavy (non-hydrogen) atoms. The van der Waals surface area contributed by atoms with Crippen LogP contribution in [0.3, 0.4) is 0 Å². The van der Waals surface area contributed by atoms with E-state index in [-0.39, 0.29) is 28.9 Å². The Hall–Kier alpha value is -4.31. The third-order valence-electron chi connectivity index (χ3n) is 8.81. The first-order valence-electron chi connectivity index (χ1n) is 14.7. The van der Waals surface area contributed by atoms with E-state index < -0.39 is 23.5 Å². The van der Waals surface area contributed by atoms with Crippen LogP contribution < -0.4 is 10.6 Å². The second-order valence-corrected chi connectivity index (χ2v) is 12.0. The van der Waals surface area contributed by atoms with E-state index in [1.807, 2.05) is 24.3 Å². The average Bonchev–Trinajstić information content (AvgIpc) is 3.35. The molecule has 10 heteroatoms. The zero-order chi connectivity index (χ0) is 31.5. The maximum Gasteiger partial charge on any atom is 0.416 e. The van der Waals surface area contributed by atoms with E-state index in [0.717, 1.165) is 69.0 Å². The molecular formula is C35H27F6N3S. The van der Waals surface area contributed by atoms with E-state index in [1.54, 1.807) is 0 Å². The molecule has 0 spiro atoms. The summed E-state index contributed by atoms with van der Waals surface area (Å²) in [7, 11) is 0. The van der Waals surface area contributed by atoms with Gasteiger partial charge in [0.25, 0.3) is 0 Å². The second kappa shape index (κ2) is 10.9. The molecule has 0 bridgehead atoms. The number of benzene rings is 5. The highest BCUT2D eigenvalue weighted by Gasteiger charge is 2.37. The smallest absolute Gasteiger partial charge is 0.358 e. The normalized spacial score (nSPS) is 17.7. The van der Waals surface area contributed by atoms with Crippen LogP contribution in [0.1, 0.15) is 42.9 Å². The van der Waals surface area contributed by atoms with Gasteiger partial charge >= 0.3 is 12.4 Å². The third kappa shape index (κ3) is 5.35. The maximum absolute atomic E-state index is 13.5. The molecule has 6 aromatic rings. The van der Waals surface area contributed by atoms with Crippen molar-refractivity contribution in [2.24, 2.45) is 0 Å². The molecule has 2 N–H and O–H groups in total. The van der Waals surface area contributed by atoms with Gasteiger partial charge in [0.15, 0.2) is 5.11 Å². The lowest BCUT2D eigenvalue weighted by Crippen LogP contribution is -2.44. The van der Waals surface area contributed by atoms with Crippen LogP contribution >= 0.6 is 12.2 Å². The molecule has 3 nitrogen and oxygen atoms in total. The summed E-state index contributed by atoms with van der Waals surface area (Å²) in [5.74, 6) is 0. The Kier molecular flexibility index (Phi) is 7.15. The number of hydrogen-bond donors (Lipinski definition) is 2. The van der Waals surface area contributed by atoms with Crippen molar-refractivity contribution in [2.45, 2.75) is 50.1 Å². The van der Waals surface area contributed by atoms with Gasteiger partial charge in [0.2, 0.25) is 0 Å². The number of rotatable bonds is 3. The van der Waals surface area contributed by atoms with Crippen LogP contribution in [0.15, 0.2) is 91.0 Å². The van der Waals surface area contributed by atoms with Gasteiger partial charge in [-0.15, -0.1) is 0 Å². The number of nitrogens with one attached hydrogen (secondary N) is 2. The first-order chi connectivity index (χ1) is 21.5. The molecule has 1 fully saturated rings. The minimum Gasteiger partial charge on any atom is -0.358 e. The quantitative estimate of drug-likeness (QED) is 0.150. The minimum atomic E-state index is -4.95. The SMILES string of the molecule is FC(F)(F)c1cc(NC(=S)NC2CCCCC2n2c3ccc4ccccc4c3c3c4ccccc4ccc32)cc(C(F)(F)F)c1. The molecule has 7 rings (SSSR count). The summed E-state index contributed by atoms with van der Waals surface area (Å²) in [5.41, 5.74) is -1.06. The molecule has 0 aliphatic heterocycles. The Morgan fingerprint density at radius 3 is 1.71 bits per heavy atom. The van der Waals surface area contributed by atoms with E-state index in [4.69, 9.17) is 12.2 Å². The minimum absolute atomic E-state index is 0.0315. The predicted octanol–water partition coefficient (Wildman–Crippen LogP) is 10.6. The summed E-state index contributed by atoms with van der Waals surface area (Å²) < 4.78 is 83.1. The van der Waals surface area contributed by atoms with Crippen molar-refractivity contribution in [1.29, 1.82) is 0 Å². The van der Waals surface area contributed by atoms with Crippen molar-refractivity contribution in [1.82, 2.24) is 9.88 Å². The Balaban J connectivity index is 1.30. The summed E-state index contributed by atoms with van der Waals surface area (Å²) in [6.45, 7) is 0. The molecule has 230 valence electrons. The van der Waals surface area contributed by atoms with Gasteiger partial charge in [-0.2, -0.15) is 26.3 Å². The lowest BCUT2D eigenvalue weighted by Gasteiger charge is -2.35. The fourth-order valence-corrected chi connectivity index (χ4v) is 7.15. The second-order valence-electron chi connectivity index (χ2n) is 11.6. The Bertz CT molecular complexity index is 1970. The van der Waals surface area contributed by atoms with Crippen LogP contribution in [-0.2, 0) is 12.4 Å². The molecule has 1 aliphatic rings. The van der Waals surface area contributed by atoms with Crippen LogP contribution in [0, 0.1) is 0 Å². The topological polar surface area (TPSA) is 29.0 Å². The summed E-state index contributed by atoms with van der Waals surface area (Å²) in [5, 5.41) is 12.7. The standard InChI is InChI=1S/C35H27F6N3S/c36-34(37,38)22-17-23(35(39,40)41)19-24(18-22)42-33(45)43-27-11-5-6-12-28(27)44-29-15-13-20-7-1-3-9-25(20)31(29)32-26-10-4-2-8-21(26)14-16-30(32)44/h1-4,7-10,13-19,27-28H,5-6,11-12H2,(H2,42,43,45). The van der Waals surface area contributed by atoms with Crippen molar-refractivity contribution >= 4 is 66.4 Å². The molecule has 1 aliphatic carbocycles. The summed E-state index contributed by atoms with van der Waals surface area (Å²) in [6.07, 6.45) is -6.49. The van der Waals surface area contributed by atoms with Crippen molar-refractivity contribution in [3.63, 3.8) is 0 Å². The number of halogens is 6. The molecule has 5 aromatic carbocycles. The number of hydrogen-bond acceptors (Lipinski definition) is 1. The van der Waals surface area contributed by atoms with Gasteiger partial charge in [0.1, 0.15) is 0 Å². The first-order valence-corrected chi connectivity index (χ1v) is 15.1. The summed E-state index contributed by atoms with van der Waals surface area (Å²) in [6, 6.07) is 26.1. The molecule has 2 atom stereocenters. The van der Waals surface area contributed by atoms with Gasteiger partial charge in [-0.3, -0.25) is 0 Å². The van der Waals surface area contributed by atoms with Crippen LogP contribution in [-0.4, -0.2) is 15.7 Å². The van der Waals surface area contributed by atoms with Gasteiger partial charge in [-0.1, -0.05) is 73.5 Å². The third-order valence-corrected chi connectivity index (χ3v) is 9.03. The number of anilines is 1. The van der Waals surface area contributed by atoms with Crippen LogP contribution in [0.2, 0.25) is 0 Å². The van der Waals surface area contributed by atoms with Crippen LogP contribution in [0.5, 0.6) is 0 Å². The molecule has 0 radical (unpaired) electrons. The monoisotopic (exact) mass is 635 g/mol. The molecule has 1 aromatic heterocycles. The Labute approximate surface area is 259 Å². The highest BCUT2D eigenvalue weighted by Crippen LogP contribution is 2.43. The van der Waals surface area contributed by atoms with Gasteiger partial charge in [-0.25, -0.2) is 0 Å². The zero-order valence-corrected chi connectivity index (χ0v) is 24.6. The fraction of sp³-hybridized carbons (Fsp3) is 0.229. The summed E-state index contributed by atoms with van der Waals surface area (Å²) in [4.78, 5) is 0. The first kappa shape index (κ1) is 29.4. The predicted molar refractivity (Wildman–Crippen MR) is 172 cm³/mol. The summed E-state index contributed by atoms with van der Waals surface area (Å²) >= 11 is 5.50. The molecular weight excluding hydrogens is 608 g/mol. The zero-order valence-electron chi connectivity index (χ0n) is 23.8. The number of fused-ring (bicyclic) bond motifs is 7. The lowest BCUT2D eigenvalue weighted by molar-refractivity contribution is -0.143. The number of thiocarbonyl (C=S) groups is 1. The number of nitrogens with zero attached hydrogens (tertiary/aromatic N) is 1. The molecule has 1 saturated carbocycles. The molecule has 0 saturated heterocycles. The Morgan fingerprint density at radius 1 is 0.667 bits per heavy atom. The highest BCUT2D eigenvalue weighted by molar-refractivity contribution is 7.80. The highest BCUT2D eigenvalue weighted by atomic mass is 32.1.